The Morgan fingerprint density at radius 2 is 2.09 bits per heavy atom. The van der Waals surface area contributed by atoms with Gasteiger partial charge in [0, 0.05) is 51.0 Å². The maximum atomic E-state index is 5.92. The van der Waals surface area contributed by atoms with Crippen LogP contribution < -0.4 is 5.32 Å². The van der Waals surface area contributed by atoms with E-state index in [1.807, 2.05) is 19.4 Å². The third kappa shape index (κ3) is 3.51. The van der Waals surface area contributed by atoms with E-state index in [2.05, 4.69) is 43.6 Å². The van der Waals surface area contributed by atoms with E-state index in [1.54, 1.807) is 12.4 Å². The first-order valence-corrected chi connectivity index (χ1v) is 8.03. The fraction of sp³-hybridized carbons (Fsp3) is 0.562. The predicted octanol–water partition coefficient (Wildman–Crippen LogP) is 1.87. The Bertz CT molecular complexity index is 641. The zero-order chi connectivity index (χ0) is 16.2. The minimum Gasteiger partial charge on any atom is -0.372 e. The van der Waals surface area contributed by atoms with Gasteiger partial charge in [0.05, 0.1) is 13.2 Å². The number of aromatic nitrogens is 4. The molecule has 3 rings (SSSR count). The van der Waals surface area contributed by atoms with Gasteiger partial charge >= 0.3 is 0 Å². The van der Waals surface area contributed by atoms with Gasteiger partial charge in [0.1, 0.15) is 23.4 Å². The zero-order valence-electron chi connectivity index (χ0n) is 13.9. The largest absolute Gasteiger partial charge is 0.372 e. The number of morpholine rings is 1. The standard InChI is InChI=1S/C16H24N6O/c1-12(2)22-7-6-18-14(22)11-21-8-9-23-13(10-21)15-16(17-3)20-5-4-19-15/h4-7,12-13H,8-11H2,1-3H3,(H,17,20). The van der Waals surface area contributed by atoms with Crippen molar-refractivity contribution in [1.29, 1.82) is 0 Å². The summed E-state index contributed by atoms with van der Waals surface area (Å²) in [6.07, 6.45) is 7.25. The van der Waals surface area contributed by atoms with E-state index >= 15 is 0 Å². The van der Waals surface area contributed by atoms with Crippen molar-refractivity contribution in [2.24, 2.45) is 0 Å². The fourth-order valence-electron chi connectivity index (χ4n) is 2.93. The van der Waals surface area contributed by atoms with E-state index in [4.69, 9.17) is 4.74 Å². The van der Waals surface area contributed by atoms with Gasteiger partial charge in [0.2, 0.25) is 0 Å². The van der Waals surface area contributed by atoms with E-state index < -0.39 is 0 Å². The van der Waals surface area contributed by atoms with E-state index in [1.165, 1.54) is 0 Å². The molecule has 0 spiro atoms. The summed E-state index contributed by atoms with van der Waals surface area (Å²) in [7, 11) is 1.85. The first kappa shape index (κ1) is 15.9. The Labute approximate surface area is 136 Å². The van der Waals surface area contributed by atoms with Crippen LogP contribution in [-0.2, 0) is 11.3 Å². The van der Waals surface area contributed by atoms with Crippen molar-refractivity contribution >= 4 is 5.82 Å². The number of imidazole rings is 1. The second-order valence-corrected chi connectivity index (χ2v) is 5.98. The molecular formula is C16H24N6O. The third-order valence-electron chi connectivity index (χ3n) is 4.09. The Morgan fingerprint density at radius 1 is 1.26 bits per heavy atom. The van der Waals surface area contributed by atoms with Crippen LogP contribution >= 0.6 is 0 Å². The van der Waals surface area contributed by atoms with Gasteiger partial charge in [-0.25, -0.2) is 9.97 Å². The lowest BCUT2D eigenvalue weighted by atomic mass is 10.2. The molecule has 1 aliphatic heterocycles. The summed E-state index contributed by atoms with van der Waals surface area (Å²) in [5.41, 5.74) is 0.868. The molecule has 3 heterocycles. The highest BCUT2D eigenvalue weighted by Crippen LogP contribution is 2.25. The topological polar surface area (TPSA) is 68.1 Å². The van der Waals surface area contributed by atoms with E-state index in [9.17, 15) is 0 Å². The summed E-state index contributed by atoms with van der Waals surface area (Å²) < 4.78 is 8.14. The summed E-state index contributed by atoms with van der Waals surface area (Å²) in [6.45, 7) is 7.54. The summed E-state index contributed by atoms with van der Waals surface area (Å²) >= 11 is 0. The molecule has 2 aromatic heterocycles. The van der Waals surface area contributed by atoms with Crippen molar-refractivity contribution in [3.05, 3.63) is 36.3 Å². The summed E-state index contributed by atoms with van der Waals surface area (Å²) in [5.74, 6) is 1.87. The van der Waals surface area contributed by atoms with Crippen molar-refractivity contribution in [3.8, 4) is 0 Å². The van der Waals surface area contributed by atoms with Gasteiger partial charge in [-0.15, -0.1) is 0 Å². The van der Waals surface area contributed by atoms with Crippen molar-refractivity contribution in [3.63, 3.8) is 0 Å². The Kier molecular flexibility index (Phi) is 4.88. The number of rotatable bonds is 5. The molecule has 1 N–H and O–H groups in total. The smallest absolute Gasteiger partial charge is 0.150 e. The highest BCUT2D eigenvalue weighted by molar-refractivity contribution is 5.40. The number of nitrogens with one attached hydrogen (secondary N) is 1. The molecule has 1 fully saturated rings. The van der Waals surface area contributed by atoms with Crippen LogP contribution in [0.4, 0.5) is 5.82 Å². The average molecular weight is 316 g/mol. The number of ether oxygens (including phenoxy) is 1. The lowest BCUT2D eigenvalue weighted by molar-refractivity contribution is -0.0358. The SMILES string of the molecule is CNc1nccnc1C1CN(Cc2nccn2C(C)C)CCO1. The minimum atomic E-state index is -0.0673. The van der Waals surface area contributed by atoms with Gasteiger partial charge in [0.25, 0.3) is 0 Å². The second-order valence-electron chi connectivity index (χ2n) is 5.98. The van der Waals surface area contributed by atoms with Crippen LogP contribution in [0.5, 0.6) is 0 Å². The fourth-order valence-corrected chi connectivity index (χ4v) is 2.93. The first-order chi connectivity index (χ1) is 11.2. The lowest BCUT2D eigenvalue weighted by Crippen LogP contribution is -2.39. The molecule has 0 bridgehead atoms. The van der Waals surface area contributed by atoms with Crippen molar-refractivity contribution in [2.45, 2.75) is 32.5 Å². The van der Waals surface area contributed by atoms with Gasteiger partial charge in [-0.3, -0.25) is 9.88 Å². The normalized spacial score (nSPS) is 19.2. The summed E-state index contributed by atoms with van der Waals surface area (Å²) in [6, 6.07) is 0.417. The molecular weight excluding hydrogens is 292 g/mol. The van der Waals surface area contributed by atoms with E-state index in [0.29, 0.717) is 12.6 Å². The molecule has 0 radical (unpaired) electrons. The first-order valence-electron chi connectivity index (χ1n) is 8.03. The summed E-state index contributed by atoms with van der Waals surface area (Å²) in [5, 5.41) is 3.09. The molecule has 1 saturated heterocycles. The van der Waals surface area contributed by atoms with Crippen LogP contribution in [0.25, 0.3) is 0 Å². The molecule has 1 unspecified atom stereocenters. The molecule has 1 aliphatic rings. The van der Waals surface area contributed by atoms with Gasteiger partial charge in [-0.1, -0.05) is 0 Å². The lowest BCUT2D eigenvalue weighted by Gasteiger charge is -2.33. The highest BCUT2D eigenvalue weighted by Gasteiger charge is 2.26. The Hall–Kier alpha value is -1.99. The van der Waals surface area contributed by atoms with Crippen LogP contribution in [0.3, 0.4) is 0 Å². The molecule has 0 amide bonds. The molecule has 2 aromatic rings. The van der Waals surface area contributed by atoms with Gasteiger partial charge in [-0.05, 0) is 13.8 Å². The van der Waals surface area contributed by atoms with Gasteiger partial charge < -0.3 is 14.6 Å². The maximum absolute atomic E-state index is 5.92. The minimum absolute atomic E-state index is 0.0673. The zero-order valence-corrected chi connectivity index (χ0v) is 13.9. The van der Waals surface area contributed by atoms with Crippen molar-refractivity contribution in [1.82, 2.24) is 24.4 Å². The predicted molar refractivity (Wildman–Crippen MR) is 88.2 cm³/mol. The highest BCUT2D eigenvalue weighted by atomic mass is 16.5. The molecule has 1 atom stereocenters. The van der Waals surface area contributed by atoms with Crippen LogP contribution in [0.1, 0.15) is 37.5 Å². The maximum Gasteiger partial charge on any atom is 0.150 e. The average Bonchev–Trinajstić information content (AvgIpc) is 3.03. The van der Waals surface area contributed by atoms with Crippen molar-refractivity contribution in [2.75, 3.05) is 32.1 Å². The molecule has 124 valence electrons. The van der Waals surface area contributed by atoms with E-state index in [-0.39, 0.29) is 6.10 Å². The quantitative estimate of drug-likeness (QED) is 0.908. The van der Waals surface area contributed by atoms with Crippen LogP contribution in [-0.4, -0.2) is 51.2 Å². The molecule has 7 nitrogen and oxygen atoms in total. The van der Waals surface area contributed by atoms with Crippen LogP contribution in [0, 0.1) is 0 Å². The van der Waals surface area contributed by atoms with Crippen molar-refractivity contribution < 1.29 is 4.74 Å². The molecule has 23 heavy (non-hydrogen) atoms. The molecule has 0 aromatic carbocycles. The monoisotopic (exact) mass is 316 g/mol. The summed E-state index contributed by atoms with van der Waals surface area (Å²) in [4.78, 5) is 15.6. The van der Waals surface area contributed by atoms with Gasteiger partial charge in [-0.2, -0.15) is 0 Å². The molecule has 7 heteroatoms. The third-order valence-corrected chi connectivity index (χ3v) is 4.09. The van der Waals surface area contributed by atoms with E-state index in [0.717, 1.165) is 37.0 Å². The number of hydrogen-bond donors (Lipinski definition) is 1. The Morgan fingerprint density at radius 3 is 2.87 bits per heavy atom. The number of hydrogen-bond acceptors (Lipinski definition) is 6. The second kappa shape index (κ2) is 7.06. The van der Waals surface area contributed by atoms with Crippen LogP contribution in [0.2, 0.25) is 0 Å². The number of anilines is 1. The van der Waals surface area contributed by atoms with Crippen LogP contribution in [0.15, 0.2) is 24.8 Å². The molecule has 0 aliphatic carbocycles. The Balaban J connectivity index is 1.72. The number of nitrogens with zero attached hydrogens (tertiary/aromatic N) is 5. The van der Waals surface area contributed by atoms with Gasteiger partial charge in [0.15, 0.2) is 0 Å². The molecule has 0 saturated carbocycles.